The number of amides is 1. The molecule has 0 aliphatic heterocycles. The molecule has 1 aromatic rings. The molecule has 0 saturated heterocycles. The second-order valence-electron chi connectivity index (χ2n) is 3.21. The van der Waals surface area contributed by atoms with Gasteiger partial charge in [0.2, 0.25) is 0 Å². The van der Waals surface area contributed by atoms with Gasteiger partial charge in [-0.3, -0.25) is 4.79 Å². The van der Waals surface area contributed by atoms with Gasteiger partial charge in [0.1, 0.15) is 10.1 Å². The predicted octanol–water partition coefficient (Wildman–Crippen LogP) is -1.89. The molecule has 0 atom stereocenters. The summed E-state index contributed by atoms with van der Waals surface area (Å²) in [5.41, 5.74) is 0.737. The van der Waals surface area contributed by atoms with E-state index < -0.39 is 10.1 Å². The maximum Gasteiger partial charge on any atom is 1.00 e. The van der Waals surface area contributed by atoms with Crippen LogP contribution in [0.25, 0.3) is 0 Å². The zero-order valence-corrected chi connectivity index (χ0v) is 12.4. The van der Waals surface area contributed by atoms with Gasteiger partial charge in [-0.05, 0) is 31.2 Å². The molecule has 7 heteroatoms. The molecule has 0 bridgehead atoms. The summed E-state index contributed by atoms with van der Waals surface area (Å²) in [5, 5.41) is 2.48. The molecule has 5 nitrogen and oxygen atoms in total. The summed E-state index contributed by atoms with van der Waals surface area (Å²) in [7, 11) is -4.44. The Morgan fingerprint density at radius 2 is 1.76 bits per heavy atom. The van der Waals surface area contributed by atoms with Gasteiger partial charge in [-0.2, -0.15) is 0 Å². The second-order valence-corrected chi connectivity index (χ2v) is 4.59. The Morgan fingerprint density at radius 1 is 1.29 bits per heavy atom. The van der Waals surface area contributed by atoms with Crippen LogP contribution in [-0.2, 0) is 14.9 Å². The molecule has 0 unspecified atom stereocenters. The van der Waals surface area contributed by atoms with E-state index in [1.807, 2.05) is 0 Å². The average molecular weight is 263 g/mol. The van der Waals surface area contributed by atoms with Gasteiger partial charge in [-0.15, -0.1) is 0 Å². The van der Waals surface area contributed by atoms with Crippen LogP contribution < -0.4 is 34.9 Å². The van der Waals surface area contributed by atoms with Gasteiger partial charge >= 0.3 is 29.6 Å². The Bertz CT molecular complexity index is 522. The third-order valence-corrected chi connectivity index (χ3v) is 2.64. The summed E-state index contributed by atoms with van der Waals surface area (Å²) in [5.74, 6) is -0.363. The van der Waals surface area contributed by atoms with E-state index in [1.54, 1.807) is 6.92 Å². The van der Waals surface area contributed by atoms with Crippen molar-refractivity contribution >= 4 is 21.7 Å². The smallest absolute Gasteiger partial charge is 0.744 e. The Labute approximate surface area is 122 Å². The molecule has 0 aliphatic rings. The Morgan fingerprint density at radius 3 is 2.12 bits per heavy atom. The van der Waals surface area contributed by atoms with Crippen LogP contribution in [-0.4, -0.2) is 18.9 Å². The van der Waals surface area contributed by atoms with E-state index in [4.69, 9.17) is 0 Å². The van der Waals surface area contributed by atoms with Crippen molar-refractivity contribution in [1.82, 2.24) is 0 Å². The van der Waals surface area contributed by atoms with Crippen LogP contribution in [0.1, 0.15) is 6.92 Å². The molecular weight excluding hydrogens is 253 g/mol. The van der Waals surface area contributed by atoms with Crippen molar-refractivity contribution < 1.29 is 47.3 Å². The van der Waals surface area contributed by atoms with Crippen LogP contribution in [0.2, 0.25) is 0 Å². The van der Waals surface area contributed by atoms with Crippen molar-refractivity contribution in [3.8, 4) is 0 Å². The molecule has 0 radical (unpaired) electrons. The van der Waals surface area contributed by atoms with Gasteiger partial charge in [-0.25, -0.2) is 8.42 Å². The fourth-order valence-corrected chi connectivity index (χ4v) is 1.41. The Kier molecular flexibility index (Phi) is 6.08. The molecule has 0 fully saturated rings. The number of hydrogen-bond acceptors (Lipinski definition) is 4. The number of rotatable bonds is 3. The van der Waals surface area contributed by atoms with Gasteiger partial charge in [0.15, 0.2) is 0 Å². The first-order valence-corrected chi connectivity index (χ1v) is 5.74. The average Bonchev–Trinajstić information content (AvgIpc) is 2.17. The van der Waals surface area contributed by atoms with Crippen LogP contribution in [0, 0.1) is 0 Å². The fourth-order valence-electron chi connectivity index (χ4n) is 0.943. The molecule has 0 aliphatic carbocycles. The fraction of sp³-hybridized carbons (Fsp3) is 0.100. The maximum atomic E-state index is 11.2. The zero-order valence-electron chi connectivity index (χ0n) is 9.56. The van der Waals surface area contributed by atoms with E-state index in [1.165, 1.54) is 12.1 Å². The van der Waals surface area contributed by atoms with Crippen LogP contribution >= 0.6 is 0 Å². The summed E-state index contributed by atoms with van der Waals surface area (Å²) in [6.45, 7) is 5.00. The summed E-state index contributed by atoms with van der Waals surface area (Å²) in [6.07, 6.45) is 0. The number of hydrogen-bond donors (Lipinski definition) is 1. The topological polar surface area (TPSA) is 86.3 Å². The van der Waals surface area contributed by atoms with Gasteiger partial charge in [0.05, 0.1) is 4.90 Å². The van der Waals surface area contributed by atoms with Crippen molar-refractivity contribution in [1.29, 1.82) is 0 Å². The van der Waals surface area contributed by atoms with Gasteiger partial charge in [0.25, 0.3) is 5.91 Å². The van der Waals surface area contributed by atoms with E-state index in [0.29, 0.717) is 11.3 Å². The third kappa shape index (κ3) is 5.01. The molecule has 0 aromatic heterocycles. The molecular formula is C10H10NNaO4S. The largest absolute Gasteiger partial charge is 1.00 e. The molecule has 1 aromatic carbocycles. The zero-order chi connectivity index (χ0) is 12.3. The van der Waals surface area contributed by atoms with Crippen molar-refractivity contribution in [2.75, 3.05) is 5.32 Å². The first-order chi connectivity index (χ1) is 7.30. The Hall–Kier alpha value is -0.660. The summed E-state index contributed by atoms with van der Waals surface area (Å²) in [6, 6.07) is 4.95. The minimum absolute atomic E-state index is 0. The Balaban J connectivity index is 0.00000256. The normalized spacial score (nSPS) is 10.2. The van der Waals surface area contributed by atoms with Gasteiger partial charge in [0, 0.05) is 11.3 Å². The number of nitrogens with one attached hydrogen (secondary N) is 1. The van der Waals surface area contributed by atoms with Crippen molar-refractivity contribution in [3.63, 3.8) is 0 Å². The van der Waals surface area contributed by atoms with Crippen molar-refractivity contribution in [3.05, 3.63) is 36.4 Å². The summed E-state index contributed by atoms with van der Waals surface area (Å²) < 4.78 is 31.9. The van der Waals surface area contributed by atoms with E-state index in [0.717, 1.165) is 12.1 Å². The summed E-state index contributed by atoms with van der Waals surface area (Å²) in [4.78, 5) is 10.9. The van der Waals surface area contributed by atoms with E-state index in [9.17, 15) is 17.8 Å². The number of carbonyl (C=O) groups is 1. The number of carbonyl (C=O) groups excluding carboxylic acids is 1. The maximum absolute atomic E-state index is 11.2. The van der Waals surface area contributed by atoms with Gasteiger partial charge < -0.3 is 9.87 Å². The molecule has 0 saturated carbocycles. The molecule has 0 heterocycles. The van der Waals surface area contributed by atoms with Gasteiger partial charge in [-0.1, -0.05) is 6.58 Å². The van der Waals surface area contributed by atoms with Crippen LogP contribution in [0.15, 0.2) is 41.3 Å². The number of anilines is 1. The predicted molar refractivity (Wildman–Crippen MR) is 57.8 cm³/mol. The quantitative estimate of drug-likeness (QED) is 0.392. The molecule has 1 amide bonds. The minimum atomic E-state index is -4.44. The summed E-state index contributed by atoms with van der Waals surface area (Å²) >= 11 is 0. The SMILES string of the molecule is C=C(C)C(=O)Nc1ccc(S(=O)(=O)[O-])cc1.[Na+]. The van der Waals surface area contributed by atoms with Crippen LogP contribution in [0.5, 0.6) is 0 Å². The number of benzene rings is 1. The van der Waals surface area contributed by atoms with Crippen molar-refractivity contribution in [2.24, 2.45) is 0 Å². The molecule has 17 heavy (non-hydrogen) atoms. The van der Waals surface area contributed by atoms with E-state index in [-0.39, 0.29) is 40.4 Å². The molecule has 1 N–H and O–H groups in total. The minimum Gasteiger partial charge on any atom is -0.744 e. The molecule has 86 valence electrons. The first-order valence-electron chi connectivity index (χ1n) is 4.33. The second kappa shape index (κ2) is 6.32. The standard InChI is InChI=1S/C10H11NO4S.Na/c1-7(2)10(12)11-8-3-5-9(6-4-8)16(13,14)15;/h3-6H,1H2,2H3,(H,11,12)(H,13,14,15);/q;+1/p-1. The van der Waals surface area contributed by atoms with Crippen molar-refractivity contribution in [2.45, 2.75) is 11.8 Å². The van der Waals surface area contributed by atoms with Crippen LogP contribution in [0.4, 0.5) is 5.69 Å². The molecule has 0 spiro atoms. The monoisotopic (exact) mass is 263 g/mol. The first kappa shape index (κ1) is 16.3. The van der Waals surface area contributed by atoms with Crippen LogP contribution in [0.3, 0.4) is 0 Å². The molecule has 1 rings (SSSR count). The van der Waals surface area contributed by atoms with E-state index in [2.05, 4.69) is 11.9 Å². The third-order valence-electron chi connectivity index (χ3n) is 1.79. The van der Waals surface area contributed by atoms with E-state index >= 15 is 0 Å².